The minimum Gasteiger partial charge on any atom is -0.488 e. The van der Waals surface area contributed by atoms with E-state index in [0.29, 0.717) is 31.9 Å². The smallest absolute Gasteiger partial charge is 0.251 e. The Morgan fingerprint density at radius 3 is 2.47 bits per heavy atom. The number of amides is 2. The molecule has 0 spiro atoms. The number of hydrogen-bond acceptors (Lipinski definition) is 4. The van der Waals surface area contributed by atoms with E-state index in [1.54, 1.807) is 30.3 Å². The number of nitrogens with one attached hydrogen (secondary N) is 2. The van der Waals surface area contributed by atoms with Crippen LogP contribution in [0.2, 0.25) is 20.1 Å². The first-order valence-electron chi connectivity index (χ1n) is 10.0. The molecule has 10 heteroatoms. The van der Waals surface area contributed by atoms with Crippen molar-refractivity contribution in [3.05, 3.63) is 97.4 Å². The average molecular weight is 539 g/mol. The van der Waals surface area contributed by atoms with Gasteiger partial charge >= 0.3 is 0 Å². The minimum atomic E-state index is -0.383. The number of hydrogen-bond donors (Lipinski definition) is 2. The largest absolute Gasteiger partial charge is 0.488 e. The number of nitrogens with zero attached hydrogens (tertiary/aromatic N) is 1. The molecular formula is C24H19Cl4N3O3. The van der Waals surface area contributed by atoms with Crippen LogP contribution in [-0.4, -0.2) is 24.6 Å². The van der Waals surface area contributed by atoms with E-state index in [9.17, 15) is 9.59 Å². The lowest BCUT2D eigenvalue weighted by Crippen LogP contribution is -2.29. The highest BCUT2D eigenvalue weighted by Gasteiger charge is 2.09. The van der Waals surface area contributed by atoms with Gasteiger partial charge in [0.15, 0.2) is 0 Å². The molecule has 0 aliphatic rings. The van der Waals surface area contributed by atoms with Crippen molar-refractivity contribution < 1.29 is 14.3 Å². The van der Waals surface area contributed by atoms with E-state index in [4.69, 9.17) is 51.1 Å². The molecule has 0 fully saturated rings. The molecule has 0 aliphatic heterocycles. The summed E-state index contributed by atoms with van der Waals surface area (Å²) in [6.07, 6.45) is 1.45. The first kappa shape index (κ1) is 25.8. The van der Waals surface area contributed by atoms with Crippen LogP contribution in [0, 0.1) is 0 Å². The third kappa shape index (κ3) is 7.64. The van der Waals surface area contributed by atoms with Gasteiger partial charge in [0.05, 0.1) is 16.3 Å². The molecule has 0 heterocycles. The molecular weight excluding hydrogens is 520 g/mol. The van der Waals surface area contributed by atoms with E-state index in [-0.39, 0.29) is 36.4 Å². The number of benzene rings is 3. The maximum Gasteiger partial charge on any atom is 0.251 e. The zero-order valence-electron chi connectivity index (χ0n) is 17.7. The van der Waals surface area contributed by atoms with Gasteiger partial charge in [-0.25, -0.2) is 5.43 Å². The van der Waals surface area contributed by atoms with Crippen LogP contribution in [-0.2, 0) is 11.4 Å². The summed E-state index contributed by atoms with van der Waals surface area (Å²) in [5.41, 5.74) is 4.17. The van der Waals surface area contributed by atoms with Gasteiger partial charge in [-0.05, 0) is 42.5 Å². The lowest BCUT2D eigenvalue weighted by Gasteiger charge is -2.10. The number of rotatable bonds is 9. The number of carbonyl (C=O) groups excluding carboxylic acids is 2. The Labute approximate surface area is 216 Å². The second-order valence-electron chi connectivity index (χ2n) is 6.99. The summed E-state index contributed by atoms with van der Waals surface area (Å²) in [7, 11) is 0. The summed E-state index contributed by atoms with van der Waals surface area (Å²) in [5, 5.41) is 8.32. The van der Waals surface area contributed by atoms with Crippen molar-refractivity contribution in [2.24, 2.45) is 5.10 Å². The molecule has 0 bridgehead atoms. The molecule has 0 atom stereocenters. The van der Waals surface area contributed by atoms with Crippen LogP contribution in [0.1, 0.15) is 27.9 Å². The lowest BCUT2D eigenvalue weighted by molar-refractivity contribution is -0.120. The van der Waals surface area contributed by atoms with Gasteiger partial charge in [0, 0.05) is 39.7 Å². The molecule has 0 unspecified atom stereocenters. The number of hydrazone groups is 1. The summed E-state index contributed by atoms with van der Waals surface area (Å²) in [6, 6.07) is 17.0. The highest BCUT2D eigenvalue weighted by atomic mass is 35.5. The summed E-state index contributed by atoms with van der Waals surface area (Å²) in [5.74, 6) is -0.225. The Morgan fingerprint density at radius 2 is 1.71 bits per heavy atom. The predicted octanol–water partition coefficient (Wildman–Crippen LogP) is 6.15. The molecule has 2 amide bonds. The summed E-state index contributed by atoms with van der Waals surface area (Å²) in [6.45, 7) is 0.372. The van der Waals surface area contributed by atoms with Gasteiger partial charge in [-0.3, -0.25) is 9.59 Å². The average Bonchev–Trinajstić information content (AvgIpc) is 2.81. The summed E-state index contributed by atoms with van der Waals surface area (Å²) >= 11 is 24.0. The van der Waals surface area contributed by atoms with Gasteiger partial charge < -0.3 is 10.1 Å². The third-order valence-electron chi connectivity index (χ3n) is 4.53. The van der Waals surface area contributed by atoms with Crippen molar-refractivity contribution in [1.29, 1.82) is 0 Å². The lowest BCUT2D eigenvalue weighted by atomic mass is 10.2. The van der Waals surface area contributed by atoms with Crippen molar-refractivity contribution in [3.63, 3.8) is 0 Å². The van der Waals surface area contributed by atoms with Crippen LogP contribution in [0.5, 0.6) is 5.75 Å². The Hall–Kier alpha value is -2.77. The molecule has 34 heavy (non-hydrogen) atoms. The first-order valence-corrected chi connectivity index (χ1v) is 11.6. The normalized spacial score (nSPS) is 10.8. The van der Waals surface area contributed by atoms with E-state index in [0.717, 1.165) is 5.56 Å². The maximum absolute atomic E-state index is 12.1. The second kappa shape index (κ2) is 12.6. The van der Waals surface area contributed by atoms with Crippen LogP contribution in [0.25, 0.3) is 0 Å². The standard InChI is InChI=1S/C24H19Cl4N3O3/c25-18-6-8-22(34-14-16-3-1-2-4-19(16)26)17(11-18)13-30-31-23(32)9-10-29-24(33)15-5-7-20(27)21(28)12-15/h1-8,11-13H,9-10,14H2,(H,29,33)(H,31,32). The molecule has 0 aromatic heterocycles. The van der Waals surface area contributed by atoms with Crippen LogP contribution in [0.15, 0.2) is 65.8 Å². The highest BCUT2D eigenvalue weighted by molar-refractivity contribution is 6.42. The van der Waals surface area contributed by atoms with E-state index < -0.39 is 0 Å². The fourth-order valence-electron chi connectivity index (χ4n) is 2.78. The predicted molar refractivity (Wildman–Crippen MR) is 136 cm³/mol. The highest BCUT2D eigenvalue weighted by Crippen LogP contribution is 2.24. The molecule has 2 N–H and O–H groups in total. The van der Waals surface area contributed by atoms with Crippen LogP contribution in [0.3, 0.4) is 0 Å². The van der Waals surface area contributed by atoms with Crippen LogP contribution in [0.4, 0.5) is 0 Å². The zero-order valence-corrected chi connectivity index (χ0v) is 20.7. The topological polar surface area (TPSA) is 79.8 Å². The summed E-state index contributed by atoms with van der Waals surface area (Å²) < 4.78 is 5.85. The molecule has 0 saturated carbocycles. The van der Waals surface area contributed by atoms with Crippen LogP contribution >= 0.6 is 46.4 Å². The number of carbonyl (C=O) groups is 2. The van der Waals surface area contributed by atoms with Crippen LogP contribution < -0.4 is 15.5 Å². The SMILES string of the molecule is O=C(CCNC(=O)c1ccc(Cl)c(Cl)c1)NN=Cc1cc(Cl)ccc1OCc1ccccc1Cl. The Bertz CT molecular complexity index is 1220. The maximum atomic E-state index is 12.1. The quantitative estimate of drug-likeness (QED) is 0.253. The molecule has 0 saturated heterocycles. The van der Waals surface area contributed by atoms with Gasteiger partial charge in [-0.1, -0.05) is 64.6 Å². The van der Waals surface area contributed by atoms with Crippen molar-refractivity contribution >= 4 is 64.4 Å². The van der Waals surface area contributed by atoms with Crippen molar-refractivity contribution in [3.8, 4) is 5.75 Å². The van der Waals surface area contributed by atoms with E-state index in [1.165, 1.54) is 18.3 Å². The number of halogens is 4. The molecule has 0 aliphatic carbocycles. The third-order valence-corrected chi connectivity index (χ3v) is 5.87. The Kier molecular flexibility index (Phi) is 9.60. The van der Waals surface area contributed by atoms with E-state index in [1.807, 2.05) is 18.2 Å². The monoisotopic (exact) mass is 537 g/mol. The Morgan fingerprint density at radius 1 is 0.912 bits per heavy atom. The minimum absolute atomic E-state index is 0.0236. The van der Waals surface area contributed by atoms with Gasteiger partial charge in [0.1, 0.15) is 12.4 Å². The molecule has 176 valence electrons. The fourth-order valence-corrected chi connectivity index (χ4v) is 3.45. The van der Waals surface area contributed by atoms with E-state index >= 15 is 0 Å². The Balaban J connectivity index is 1.50. The zero-order chi connectivity index (χ0) is 24.5. The first-order chi connectivity index (χ1) is 16.3. The molecule has 3 aromatic carbocycles. The van der Waals surface area contributed by atoms with Gasteiger partial charge in [0.25, 0.3) is 5.91 Å². The van der Waals surface area contributed by atoms with Gasteiger partial charge in [0.2, 0.25) is 5.91 Å². The molecule has 6 nitrogen and oxygen atoms in total. The fraction of sp³-hybridized carbons (Fsp3) is 0.125. The van der Waals surface area contributed by atoms with Gasteiger partial charge in [-0.2, -0.15) is 5.10 Å². The van der Waals surface area contributed by atoms with Crippen molar-refractivity contribution in [1.82, 2.24) is 10.7 Å². The second-order valence-corrected chi connectivity index (χ2v) is 8.65. The molecule has 0 radical (unpaired) electrons. The van der Waals surface area contributed by atoms with Crippen molar-refractivity contribution in [2.75, 3.05) is 6.54 Å². The molecule has 3 aromatic rings. The van der Waals surface area contributed by atoms with Crippen molar-refractivity contribution in [2.45, 2.75) is 13.0 Å². The van der Waals surface area contributed by atoms with Gasteiger partial charge in [-0.15, -0.1) is 0 Å². The molecule has 3 rings (SSSR count). The number of ether oxygens (including phenoxy) is 1. The summed E-state index contributed by atoms with van der Waals surface area (Å²) in [4.78, 5) is 24.2. The van der Waals surface area contributed by atoms with E-state index in [2.05, 4.69) is 15.8 Å².